The highest BCUT2D eigenvalue weighted by atomic mass is 19.1. The van der Waals surface area contributed by atoms with Crippen LogP contribution in [0.1, 0.15) is 10.4 Å². The molecule has 2 aromatic rings. The third-order valence-electron chi connectivity index (χ3n) is 4.77. The molecule has 1 unspecified atom stereocenters. The summed E-state index contributed by atoms with van der Waals surface area (Å²) in [7, 11) is 0. The monoisotopic (exact) mass is 388 g/mol. The van der Waals surface area contributed by atoms with Crippen LogP contribution in [0.2, 0.25) is 0 Å². The van der Waals surface area contributed by atoms with Gasteiger partial charge in [-0.15, -0.1) is 0 Å². The van der Waals surface area contributed by atoms with Crippen LogP contribution in [0.4, 0.5) is 8.78 Å². The Kier molecular flexibility index (Phi) is 4.85. The highest BCUT2D eigenvalue weighted by Gasteiger charge is 2.33. The second kappa shape index (κ2) is 7.46. The summed E-state index contributed by atoms with van der Waals surface area (Å²) in [5.41, 5.74) is -0.0436. The van der Waals surface area contributed by atoms with Gasteiger partial charge in [-0.05, 0) is 24.3 Å². The smallest absolute Gasteiger partial charge is 0.267 e. The predicted molar refractivity (Wildman–Crippen MR) is 95.2 cm³/mol. The molecule has 4 rings (SSSR count). The van der Waals surface area contributed by atoms with E-state index in [9.17, 15) is 18.4 Å². The van der Waals surface area contributed by atoms with Gasteiger partial charge in [0.15, 0.2) is 11.5 Å². The lowest BCUT2D eigenvalue weighted by Gasteiger charge is -2.37. The normalized spacial score (nSPS) is 18.7. The van der Waals surface area contributed by atoms with E-state index in [4.69, 9.17) is 9.47 Å². The van der Waals surface area contributed by atoms with Crippen molar-refractivity contribution in [3.63, 3.8) is 0 Å². The van der Waals surface area contributed by atoms with E-state index in [-0.39, 0.29) is 31.2 Å². The molecule has 0 radical (unpaired) electrons. The third-order valence-corrected chi connectivity index (χ3v) is 4.77. The number of carbonyl (C=O) groups is 2. The average Bonchev–Trinajstić information content (AvgIpc) is 2.72. The molecule has 1 atom stereocenters. The van der Waals surface area contributed by atoms with E-state index < -0.39 is 23.6 Å². The molecule has 0 aliphatic carbocycles. The Morgan fingerprint density at radius 2 is 1.50 bits per heavy atom. The average molecular weight is 388 g/mol. The van der Waals surface area contributed by atoms with Crippen molar-refractivity contribution >= 4 is 11.8 Å². The summed E-state index contributed by atoms with van der Waals surface area (Å²) in [4.78, 5) is 28.3. The van der Waals surface area contributed by atoms with Crippen molar-refractivity contribution in [2.75, 3.05) is 32.8 Å². The predicted octanol–water partition coefficient (Wildman–Crippen LogP) is 2.09. The van der Waals surface area contributed by atoms with E-state index in [0.717, 1.165) is 18.2 Å². The van der Waals surface area contributed by atoms with Crippen LogP contribution in [0.25, 0.3) is 0 Å². The zero-order chi connectivity index (χ0) is 19.7. The van der Waals surface area contributed by atoms with Gasteiger partial charge in [0.2, 0.25) is 6.10 Å². The molecule has 2 amide bonds. The fourth-order valence-corrected chi connectivity index (χ4v) is 3.33. The molecule has 8 heteroatoms. The van der Waals surface area contributed by atoms with Crippen molar-refractivity contribution in [2.45, 2.75) is 6.10 Å². The molecular weight excluding hydrogens is 370 g/mol. The van der Waals surface area contributed by atoms with Gasteiger partial charge in [-0.2, -0.15) is 0 Å². The number of piperazine rings is 1. The summed E-state index contributed by atoms with van der Waals surface area (Å²) in [5, 5.41) is 0. The topological polar surface area (TPSA) is 59.1 Å². The van der Waals surface area contributed by atoms with Crippen LogP contribution in [0.3, 0.4) is 0 Å². The van der Waals surface area contributed by atoms with Crippen LogP contribution in [0, 0.1) is 11.6 Å². The molecular formula is C20H18F2N2O4. The minimum atomic E-state index is -0.799. The van der Waals surface area contributed by atoms with Crippen LogP contribution in [0.5, 0.6) is 11.5 Å². The second-order valence-electron chi connectivity index (χ2n) is 6.64. The van der Waals surface area contributed by atoms with Gasteiger partial charge in [-0.25, -0.2) is 8.78 Å². The number of hydrogen-bond donors (Lipinski definition) is 0. The molecule has 146 valence electrons. The molecule has 0 spiro atoms. The quantitative estimate of drug-likeness (QED) is 0.791. The van der Waals surface area contributed by atoms with Crippen molar-refractivity contribution in [2.24, 2.45) is 0 Å². The molecule has 28 heavy (non-hydrogen) atoms. The van der Waals surface area contributed by atoms with Crippen LogP contribution in [0.15, 0.2) is 42.5 Å². The second-order valence-corrected chi connectivity index (χ2v) is 6.64. The highest BCUT2D eigenvalue weighted by Crippen LogP contribution is 2.31. The van der Waals surface area contributed by atoms with Crippen molar-refractivity contribution < 1.29 is 27.8 Å². The maximum atomic E-state index is 13.3. The highest BCUT2D eigenvalue weighted by molar-refractivity contribution is 5.94. The number of fused-ring (bicyclic) bond motifs is 1. The number of rotatable bonds is 2. The van der Waals surface area contributed by atoms with E-state index in [2.05, 4.69) is 0 Å². The van der Waals surface area contributed by atoms with Crippen molar-refractivity contribution in [1.29, 1.82) is 0 Å². The summed E-state index contributed by atoms with van der Waals surface area (Å²) in [5.74, 6) is -1.15. The summed E-state index contributed by atoms with van der Waals surface area (Å²) in [6.07, 6.45) is -0.741. The maximum absolute atomic E-state index is 13.3. The lowest BCUT2D eigenvalue weighted by atomic mass is 10.1. The van der Waals surface area contributed by atoms with Gasteiger partial charge in [0.25, 0.3) is 11.8 Å². The number of nitrogens with zero attached hydrogens (tertiary/aromatic N) is 2. The molecule has 1 saturated heterocycles. The maximum Gasteiger partial charge on any atom is 0.267 e. The number of halogens is 2. The fraction of sp³-hybridized carbons (Fsp3) is 0.300. The van der Waals surface area contributed by atoms with Crippen LogP contribution < -0.4 is 9.47 Å². The number of hydrogen-bond acceptors (Lipinski definition) is 4. The molecule has 2 heterocycles. The minimum absolute atomic E-state index is 0.0436. The Balaban J connectivity index is 1.36. The van der Waals surface area contributed by atoms with Gasteiger partial charge in [-0.3, -0.25) is 9.59 Å². The molecule has 1 fully saturated rings. The van der Waals surface area contributed by atoms with Crippen LogP contribution in [-0.4, -0.2) is 60.5 Å². The van der Waals surface area contributed by atoms with Crippen molar-refractivity contribution in [3.05, 3.63) is 59.7 Å². The Morgan fingerprint density at radius 1 is 0.893 bits per heavy atom. The number of ether oxygens (including phenoxy) is 2. The van der Waals surface area contributed by atoms with Gasteiger partial charge in [0, 0.05) is 37.8 Å². The molecule has 0 bridgehead atoms. The molecule has 0 N–H and O–H groups in total. The largest absolute Gasteiger partial charge is 0.485 e. The van der Waals surface area contributed by atoms with Gasteiger partial charge in [0.05, 0.1) is 0 Å². The Hall–Kier alpha value is -3.16. The summed E-state index contributed by atoms with van der Waals surface area (Å²) >= 11 is 0. The number of para-hydroxylation sites is 2. The lowest BCUT2D eigenvalue weighted by Crippen LogP contribution is -2.55. The molecule has 2 aromatic carbocycles. The third kappa shape index (κ3) is 3.62. The molecule has 2 aliphatic rings. The first kappa shape index (κ1) is 18.2. The molecule has 6 nitrogen and oxygen atoms in total. The van der Waals surface area contributed by atoms with E-state index in [1.807, 2.05) is 6.07 Å². The Bertz CT molecular complexity index is 893. The van der Waals surface area contributed by atoms with Gasteiger partial charge >= 0.3 is 0 Å². The van der Waals surface area contributed by atoms with Crippen LogP contribution >= 0.6 is 0 Å². The van der Waals surface area contributed by atoms with E-state index in [1.165, 1.54) is 4.90 Å². The fourth-order valence-electron chi connectivity index (χ4n) is 3.33. The van der Waals surface area contributed by atoms with Crippen LogP contribution in [-0.2, 0) is 4.79 Å². The standard InChI is InChI=1S/C20H18F2N2O4/c21-14-9-13(10-15(22)11-14)19(25)23-5-7-24(8-6-23)20(26)18-12-27-16-3-1-2-4-17(16)28-18/h1-4,9-11,18H,5-8,12H2. The van der Waals surface area contributed by atoms with Crippen molar-refractivity contribution in [1.82, 2.24) is 9.80 Å². The summed E-state index contributed by atoms with van der Waals surface area (Å²) in [6.45, 7) is 1.28. The Morgan fingerprint density at radius 3 is 2.18 bits per heavy atom. The first-order chi connectivity index (χ1) is 13.5. The van der Waals surface area contributed by atoms with Gasteiger partial charge < -0.3 is 19.3 Å². The number of carbonyl (C=O) groups excluding carboxylic acids is 2. The first-order valence-corrected chi connectivity index (χ1v) is 8.94. The molecule has 0 saturated carbocycles. The zero-order valence-corrected chi connectivity index (χ0v) is 14.9. The summed E-state index contributed by atoms with van der Waals surface area (Å²) in [6, 6.07) is 9.87. The SMILES string of the molecule is O=C(c1cc(F)cc(F)c1)N1CCN(C(=O)C2COc3ccccc3O2)CC1. The van der Waals surface area contributed by atoms with E-state index in [0.29, 0.717) is 24.6 Å². The van der Waals surface area contributed by atoms with E-state index >= 15 is 0 Å². The minimum Gasteiger partial charge on any atom is -0.485 e. The van der Waals surface area contributed by atoms with Crippen molar-refractivity contribution in [3.8, 4) is 11.5 Å². The van der Waals surface area contributed by atoms with E-state index in [1.54, 1.807) is 23.1 Å². The lowest BCUT2D eigenvalue weighted by molar-refractivity contribution is -0.142. The number of benzene rings is 2. The Labute approximate surface area is 160 Å². The summed E-state index contributed by atoms with van der Waals surface area (Å²) < 4.78 is 38.0. The molecule has 0 aromatic heterocycles. The molecule has 2 aliphatic heterocycles. The van der Waals surface area contributed by atoms with Gasteiger partial charge in [0.1, 0.15) is 18.2 Å². The van der Waals surface area contributed by atoms with Gasteiger partial charge in [-0.1, -0.05) is 12.1 Å². The number of amides is 2. The zero-order valence-electron chi connectivity index (χ0n) is 14.9. The first-order valence-electron chi connectivity index (χ1n) is 8.94.